The molecule has 8 heteroatoms. The maximum Gasteiger partial charge on any atom is 0.340 e. The highest BCUT2D eigenvalue weighted by atomic mass is 32.2. The Morgan fingerprint density at radius 2 is 1.86 bits per heavy atom. The van der Waals surface area contributed by atoms with E-state index in [1.807, 2.05) is 12.1 Å². The van der Waals surface area contributed by atoms with E-state index in [1.54, 1.807) is 50.6 Å². The number of carbonyl (C=O) groups excluding carboxylic acids is 2. The van der Waals surface area contributed by atoms with Crippen LogP contribution in [0.4, 0.5) is 5.69 Å². The van der Waals surface area contributed by atoms with E-state index >= 15 is 0 Å². The smallest absolute Gasteiger partial charge is 0.340 e. The van der Waals surface area contributed by atoms with E-state index in [0.29, 0.717) is 38.4 Å². The van der Waals surface area contributed by atoms with Crippen molar-refractivity contribution in [2.45, 2.75) is 0 Å². The molecule has 1 N–H and O–H groups in total. The summed E-state index contributed by atoms with van der Waals surface area (Å²) < 4.78 is 15.5. The summed E-state index contributed by atoms with van der Waals surface area (Å²) in [6, 6.07) is 12.2. The van der Waals surface area contributed by atoms with Crippen molar-refractivity contribution in [1.29, 1.82) is 0 Å². The van der Waals surface area contributed by atoms with Crippen molar-refractivity contribution in [3.8, 4) is 11.5 Å². The second-order valence-corrected chi connectivity index (χ2v) is 6.60. The molecule has 2 aromatic rings. The van der Waals surface area contributed by atoms with E-state index in [0.717, 1.165) is 0 Å². The normalized spacial score (nSPS) is 16.2. The van der Waals surface area contributed by atoms with Crippen molar-refractivity contribution >= 4 is 40.6 Å². The number of amidine groups is 1. The van der Waals surface area contributed by atoms with E-state index in [-0.39, 0.29) is 5.91 Å². The lowest BCUT2D eigenvalue weighted by Gasteiger charge is -2.10. The summed E-state index contributed by atoms with van der Waals surface area (Å²) in [6.45, 7) is 0. The summed E-state index contributed by atoms with van der Waals surface area (Å²) in [7, 11) is 4.40. The lowest BCUT2D eigenvalue weighted by atomic mass is 10.1. The zero-order valence-corrected chi connectivity index (χ0v) is 16.3. The van der Waals surface area contributed by atoms with Gasteiger partial charge in [0.05, 0.1) is 37.5 Å². The monoisotopic (exact) mass is 398 g/mol. The largest absolute Gasteiger partial charge is 0.493 e. The van der Waals surface area contributed by atoms with Gasteiger partial charge in [-0.1, -0.05) is 24.3 Å². The van der Waals surface area contributed by atoms with Gasteiger partial charge in [0, 0.05) is 5.56 Å². The van der Waals surface area contributed by atoms with Gasteiger partial charge in [-0.3, -0.25) is 4.79 Å². The van der Waals surface area contributed by atoms with Crippen molar-refractivity contribution in [3.63, 3.8) is 0 Å². The van der Waals surface area contributed by atoms with Crippen LogP contribution in [-0.4, -0.2) is 38.4 Å². The average molecular weight is 398 g/mol. The predicted molar refractivity (Wildman–Crippen MR) is 108 cm³/mol. The molecule has 1 amide bonds. The molecular formula is C20H18N2O5S. The van der Waals surface area contributed by atoms with Gasteiger partial charge in [0.2, 0.25) is 0 Å². The summed E-state index contributed by atoms with van der Waals surface area (Å²) in [4.78, 5) is 29.1. The third kappa shape index (κ3) is 4.01. The molecule has 3 rings (SSSR count). The van der Waals surface area contributed by atoms with E-state index < -0.39 is 5.97 Å². The summed E-state index contributed by atoms with van der Waals surface area (Å²) >= 11 is 1.17. The molecule has 1 saturated heterocycles. The molecule has 0 atom stereocenters. The number of carbonyl (C=O) groups is 2. The van der Waals surface area contributed by atoms with Crippen LogP contribution in [0.2, 0.25) is 0 Å². The lowest BCUT2D eigenvalue weighted by molar-refractivity contribution is -0.115. The Morgan fingerprint density at radius 3 is 2.57 bits per heavy atom. The molecule has 1 fully saturated rings. The zero-order chi connectivity index (χ0) is 20.1. The van der Waals surface area contributed by atoms with Crippen LogP contribution in [0, 0.1) is 0 Å². The molecule has 0 aliphatic carbocycles. The Morgan fingerprint density at radius 1 is 1.07 bits per heavy atom. The highest BCUT2D eigenvalue weighted by Crippen LogP contribution is 2.35. The van der Waals surface area contributed by atoms with Crippen LogP contribution >= 0.6 is 11.8 Å². The van der Waals surface area contributed by atoms with Gasteiger partial charge in [-0.25, -0.2) is 9.79 Å². The molecule has 7 nitrogen and oxygen atoms in total. The molecule has 28 heavy (non-hydrogen) atoms. The third-order valence-corrected chi connectivity index (χ3v) is 4.81. The van der Waals surface area contributed by atoms with Gasteiger partial charge < -0.3 is 19.5 Å². The molecule has 1 aliphatic heterocycles. The number of methoxy groups -OCH3 is 3. The molecule has 0 saturated carbocycles. The highest BCUT2D eigenvalue weighted by molar-refractivity contribution is 8.18. The lowest BCUT2D eigenvalue weighted by Crippen LogP contribution is -2.19. The third-order valence-electron chi connectivity index (χ3n) is 3.90. The number of esters is 1. The topological polar surface area (TPSA) is 86.2 Å². The number of benzene rings is 2. The number of hydrogen-bond acceptors (Lipinski definition) is 7. The first-order valence-electron chi connectivity index (χ1n) is 8.25. The summed E-state index contributed by atoms with van der Waals surface area (Å²) in [5, 5.41) is 3.07. The van der Waals surface area contributed by atoms with Crippen LogP contribution in [0.3, 0.4) is 0 Å². The number of aliphatic imine (C=N–C) groups is 1. The first-order valence-corrected chi connectivity index (χ1v) is 9.07. The molecule has 1 heterocycles. The Balaban J connectivity index is 1.92. The number of para-hydroxylation sites is 2. The Kier molecular flexibility index (Phi) is 6.00. The van der Waals surface area contributed by atoms with Gasteiger partial charge >= 0.3 is 5.97 Å². The molecular weight excluding hydrogens is 380 g/mol. The molecule has 0 unspecified atom stereocenters. The minimum absolute atomic E-state index is 0.288. The Labute approximate surface area is 166 Å². The number of ether oxygens (including phenoxy) is 3. The number of nitrogens with one attached hydrogen (secondary N) is 1. The van der Waals surface area contributed by atoms with Crippen LogP contribution in [0.5, 0.6) is 11.5 Å². The standard InChI is InChI=1S/C20H18N2O5S/c1-25-15-10-6-7-12(17(15)26-2)11-16-18(23)22-20(28-16)21-14-9-5-4-8-13(14)19(24)27-3/h4-11H,1-3H3,(H,21,22,23)/b16-11-. The van der Waals surface area contributed by atoms with Crippen LogP contribution in [-0.2, 0) is 9.53 Å². The number of hydrogen-bond donors (Lipinski definition) is 1. The first kappa shape index (κ1) is 19.5. The van der Waals surface area contributed by atoms with Crippen molar-refractivity contribution < 1.29 is 23.8 Å². The summed E-state index contributed by atoms with van der Waals surface area (Å²) in [5.41, 5.74) is 1.44. The van der Waals surface area contributed by atoms with Gasteiger partial charge in [-0.15, -0.1) is 0 Å². The SMILES string of the molecule is COC(=O)c1ccccc1N=C1NC(=O)/C(=C/c2cccc(OC)c2OC)S1. The zero-order valence-electron chi connectivity index (χ0n) is 15.5. The van der Waals surface area contributed by atoms with Gasteiger partial charge in [0.1, 0.15) is 0 Å². The summed E-state index contributed by atoms with van der Waals surface area (Å²) in [6.07, 6.45) is 1.70. The van der Waals surface area contributed by atoms with Gasteiger partial charge in [0.15, 0.2) is 16.7 Å². The van der Waals surface area contributed by atoms with E-state index in [4.69, 9.17) is 14.2 Å². The second-order valence-electron chi connectivity index (χ2n) is 5.57. The van der Waals surface area contributed by atoms with Crippen molar-refractivity contribution in [2.75, 3.05) is 21.3 Å². The Hall–Kier alpha value is -3.26. The first-order chi connectivity index (χ1) is 13.6. The highest BCUT2D eigenvalue weighted by Gasteiger charge is 2.25. The average Bonchev–Trinajstić information content (AvgIpc) is 3.06. The maximum absolute atomic E-state index is 12.4. The number of nitrogens with zero attached hydrogens (tertiary/aromatic N) is 1. The van der Waals surface area contributed by atoms with Crippen LogP contribution in [0.25, 0.3) is 6.08 Å². The molecule has 0 spiro atoms. The predicted octanol–water partition coefficient (Wildman–Crippen LogP) is 3.38. The fourth-order valence-electron chi connectivity index (χ4n) is 2.61. The molecule has 0 radical (unpaired) electrons. The van der Waals surface area contributed by atoms with Crippen molar-refractivity contribution in [3.05, 3.63) is 58.5 Å². The minimum Gasteiger partial charge on any atom is -0.493 e. The van der Waals surface area contributed by atoms with E-state index in [9.17, 15) is 9.59 Å². The quantitative estimate of drug-likeness (QED) is 0.614. The van der Waals surface area contributed by atoms with Crippen LogP contribution in [0.15, 0.2) is 52.4 Å². The van der Waals surface area contributed by atoms with Gasteiger partial charge in [-0.2, -0.15) is 0 Å². The van der Waals surface area contributed by atoms with E-state index in [2.05, 4.69) is 10.3 Å². The number of amides is 1. The summed E-state index contributed by atoms with van der Waals surface area (Å²) in [5.74, 6) is 0.323. The van der Waals surface area contributed by atoms with Crippen LogP contribution < -0.4 is 14.8 Å². The molecule has 2 aromatic carbocycles. The Bertz CT molecular complexity index is 984. The van der Waals surface area contributed by atoms with E-state index in [1.165, 1.54) is 18.9 Å². The van der Waals surface area contributed by atoms with Crippen LogP contribution in [0.1, 0.15) is 15.9 Å². The molecule has 0 aromatic heterocycles. The second kappa shape index (κ2) is 8.62. The molecule has 144 valence electrons. The maximum atomic E-state index is 12.4. The van der Waals surface area contributed by atoms with Gasteiger partial charge in [0.25, 0.3) is 5.91 Å². The fourth-order valence-corrected chi connectivity index (χ4v) is 3.44. The number of thioether (sulfide) groups is 1. The van der Waals surface area contributed by atoms with Crippen molar-refractivity contribution in [1.82, 2.24) is 5.32 Å². The minimum atomic E-state index is -0.494. The van der Waals surface area contributed by atoms with Gasteiger partial charge in [-0.05, 0) is 36.0 Å². The number of rotatable bonds is 5. The molecule has 0 bridgehead atoms. The fraction of sp³-hybridized carbons (Fsp3) is 0.150. The van der Waals surface area contributed by atoms with Crippen molar-refractivity contribution in [2.24, 2.45) is 4.99 Å². The molecule has 1 aliphatic rings.